The van der Waals surface area contributed by atoms with Crippen LogP contribution < -0.4 is 16.2 Å². The van der Waals surface area contributed by atoms with Crippen molar-refractivity contribution in [2.24, 2.45) is 0 Å². The smallest absolute Gasteiger partial charge is 0.266 e. The van der Waals surface area contributed by atoms with E-state index in [-0.39, 0.29) is 23.8 Å². The van der Waals surface area contributed by atoms with Crippen molar-refractivity contribution in [2.45, 2.75) is 26.7 Å². The molecule has 1 aromatic carbocycles. The molecule has 0 saturated heterocycles. The molecule has 3 rings (SSSR count). The molecule has 0 atom stereocenters. The van der Waals surface area contributed by atoms with Crippen molar-refractivity contribution in [1.82, 2.24) is 9.97 Å². The largest absolute Gasteiger partial charge is 0.326 e. The first kappa shape index (κ1) is 22.9. The minimum Gasteiger partial charge on any atom is -0.326 e. The molecule has 0 aliphatic rings. The summed E-state index contributed by atoms with van der Waals surface area (Å²) in [4.78, 5) is 43.6. The Morgan fingerprint density at radius 1 is 1.19 bits per heavy atom. The summed E-state index contributed by atoms with van der Waals surface area (Å²) in [6.07, 6.45) is 2.10. The highest BCUT2D eigenvalue weighted by Gasteiger charge is 2.14. The monoisotopic (exact) mass is 493 g/mol. The van der Waals surface area contributed by atoms with Crippen LogP contribution in [0, 0.1) is 25.2 Å². The summed E-state index contributed by atoms with van der Waals surface area (Å²) in [5, 5.41) is 14.7. The molecule has 162 valence electrons. The van der Waals surface area contributed by atoms with Gasteiger partial charge in [0.15, 0.2) is 0 Å². The van der Waals surface area contributed by atoms with Gasteiger partial charge in [0.1, 0.15) is 17.5 Å². The summed E-state index contributed by atoms with van der Waals surface area (Å²) in [6, 6.07) is 11.9. The molecule has 9 heteroatoms. The molecule has 0 aliphatic heterocycles. The lowest BCUT2D eigenvalue weighted by Crippen LogP contribution is -2.18. The van der Waals surface area contributed by atoms with Gasteiger partial charge in [0.05, 0.1) is 0 Å². The lowest BCUT2D eigenvalue weighted by atomic mass is 9.99. The van der Waals surface area contributed by atoms with E-state index in [0.717, 1.165) is 10.0 Å². The van der Waals surface area contributed by atoms with E-state index < -0.39 is 5.56 Å². The van der Waals surface area contributed by atoms with Crippen molar-refractivity contribution in [1.29, 1.82) is 5.26 Å². The number of pyridine rings is 2. The number of nitrogens with zero attached hydrogens (tertiary/aromatic N) is 2. The van der Waals surface area contributed by atoms with E-state index in [1.165, 1.54) is 0 Å². The van der Waals surface area contributed by atoms with Gasteiger partial charge < -0.3 is 15.6 Å². The SMILES string of the molecule is Cc1[nH]c(=O)c(C#N)c(C)c1CCC(=O)Nc1cccc(C(=O)Nc2ccc(Br)cn2)c1. The highest BCUT2D eigenvalue weighted by molar-refractivity contribution is 9.10. The van der Waals surface area contributed by atoms with E-state index in [2.05, 4.69) is 36.5 Å². The number of aryl methyl sites for hydroxylation is 1. The molecular weight excluding hydrogens is 474 g/mol. The number of nitrogens with one attached hydrogen (secondary N) is 3. The fourth-order valence-corrected chi connectivity index (χ4v) is 3.49. The summed E-state index contributed by atoms with van der Waals surface area (Å²) in [5.74, 6) is -0.184. The average Bonchev–Trinajstić information content (AvgIpc) is 2.75. The average molecular weight is 494 g/mol. The number of aromatic nitrogens is 2. The third-order valence-corrected chi connectivity index (χ3v) is 5.37. The Kier molecular flexibility index (Phi) is 7.18. The number of amides is 2. The number of carbonyl (C=O) groups is 2. The number of anilines is 2. The number of benzene rings is 1. The predicted octanol–water partition coefficient (Wildman–Crippen LogP) is 3.84. The van der Waals surface area contributed by atoms with Crippen LogP contribution in [0.4, 0.5) is 11.5 Å². The second-order valence-corrected chi connectivity index (χ2v) is 8.03. The standard InChI is InChI=1S/C23H20BrN5O3/c1-13-18(14(2)27-23(32)19(13)11-25)7-9-21(30)28-17-5-3-4-15(10-17)22(31)29-20-8-6-16(24)12-26-20/h3-6,8,10,12H,7,9H2,1-2H3,(H,27,32)(H,28,30)(H,26,29,31). The minimum absolute atomic E-state index is 0.0602. The third kappa shape index (κ3) is 5.47. The van der Waals surface area contributed by atoms with Crippen molar-refractivity contribution in [3.05, 3.63) is 85.4 Å². The van der Waals surface area contributed by atoms with Crippen LogP contribution in [0.1, 0.15) is 39.2 Å². The Bertz CT molecular complexity index is 1280. The van der Waals surface area contributed by atoms with Crippen molar-refractivity contribution >= 4 is 39.2 Å². The van der Waals surface area contributed by atoms with Crippen LogP contribution >= 0.6 is 15.9 Å². The van der Waals surface area contributed by atoms with Gasteiger partial charge in [-0.25, -0.2) is 4.98 Å². The van der Waals surface area contributed by atoms with E-state index in [1.807, 2.05) is 6.07 Å². The van der Waals surface area contributed by atoms with Crippen LogP contribution in [0.15, 0.2) is 51.9 Å². The maximum Gasteiger partial charge on any atom is 0.266 e. The van der Waals surface area contributed by atoms with Crippen LogP contribution in [-0.4, -0.2) is 21.8 Å². The summed E-state index contributed by atoms with van der Waals surface area (Å²) >= 11 is 3.29. The molecule has 3 aromatic rings. The molecule has 32 heavy (non-hydrogen) atoms. The summed E-state index contributed by atoms with van der Waals surface area (Å²) < 4.78 is 0.802. The molecule has 0 aliphatic carbocycles. The second kappa shape index (κ2) is 10.0. The van der Waals surface area contributed by atoms with E-state index in [0.29, 0.717) is 34.7 Å². The molecule has 2 heterocycles. The number of rotatable bonds is 6. The Morgan fingerprint density at radius 2 is 1.97 bits per heavy atom. The molecular formula is C23H20BrN5O3. The van der Waals surface area contributed by atoms with Crippen molar-refractivity contribution in [3.63, 3.8) is 0 Å². The number of H-pyrrole nitrogens is 1. The Labute approximate surface area is 192 Å². The normalized spacial score (nSPS) is 10.3. The van der Waals surface area contributed by atoms with Gasteiger partial charge in [0, 0.05) is 34.0 Å². The van der Waals surface area contributed by atoms with Crippen molar-refractivity contribution in [2.75, 3.05) is 10.6 Å². The van der Waals surface area contributed by atoms with E-state index in [1.54, 1.807) is 56.4 Å². The highest BCUT2D eigenvalue weighted by atomic mass is 79.9. The molecule has 0 saturated carbocycles. The first-order valence-electron chi connectivity index (χ1n) is 9.73. The fourth-order valence-electron chi connectivity index (χ4n) is 3.26. The number of aromatic amines is 1. The summed E-state index contributed by atoms with van der Waals surface area (Å²) in [6.45, 7) is 3.45. The minimum atomic E-state index is -0.427. The van der Waals surface area contributed by atoms with E-state index >= 15 is 0 Å². The number of nitriles is 1. The van der Waals surface area contributed by atoms with Crippen LogP contribution in [0.2, 0.25) is 0 Å². The molecule has 0 fully saturated rings. The number of halogens is 1. The Balaban J connectivity index is 1.65. The topological polar surface area (TPSA) is 128 Å². The number of hydrogen-bond acceptors (Lipinski definition) is 5. The van der Waals surface area contributed by atoms with Gasteiger partial charge in [-0.1, -0.05) is 6.07 Å². The van der Waals surface area contributed by atoms with Gasteiger partial charge in [-0.2, -0.15) is 5.26 Å². The van der Waals surface area contributed by atoms with Crippen LogP contribution in [0.5, 0.6) is 0 Å². The molecule has 2 aromatic heterocycles. The van der Waals surface area contributed by atoms with Gasteiger partial charge in [-0.05, 0) is 77.7 Å². The van der Waals surface area contributed by atoms with Crippen molar-refractivity contribution < 1.29 is 9.59 Å². The van der Waals surface area contributed by atoms with Gasteiger partial charge in [0.2, 0.25) is 5.91 Å². The fraction of sp³-hybridized carbons (Fsp3) is 0.174. The molecule has 0 unspecified atom stereocenters. The zero-order valence-corrected chi connectivity index (χ0v) is 19.0. The zero-order chi connectivity index (χ0) is 23.3. The molecule has 0 bridgehead atoms. The first-order valence-corrected chi connectivity index (χ1v) is 10.5. The maximum atomic E-state index is 12.5. The van der Waals surface area contributed by atoms with Gasteiger partial charge in [-0.15, -0.1) is 0 Å². The summed E-state index contributed by atoms with van der Waals surface area (Å²) in [7, 11) is 0. The van der Waals surface area contributed by atoms with E-state index in [4.69, 9.17) is 0 Å². The third-order valence-electron chi connectivity index (χ3n) is 4.90. The van der Waals surface area contributed by atoms with Crippen molar-refractivity contribution in [3.8, 4) is 6.07 Å². The highest BCUT2D eigenvalue weighted by Crippen LogP contribution is 2.17. The van der Waals surface area contributed by atoms with Crippen LogP contribution in [0.3, 0.4) is 0 Å². The zero-order valence-electron chi connectivity index (χ0n) is 17.5. The van der Waals surface area contributed by atoms with Crippen LogP contribution in [0.25, 0.3) is 0 Å². The Morgan fingerprint density at radius 3 is 2.66 bits per heavy atom. The van der Waals surface area contributed by atoms with Gasteiger partial charge in [0.25, 0.3) is 11.5 Å². The predicted molar refractivity (Wildman–Crippen MR) is 125 cm³/mol. The molecule has 3 N–H and O–H groups in total. The Hall–Kier alpha value is -3.77. The van der Waals surface area contributed by atoms with E-state index in [9.17, 15) is 19.6 Å². The maximum absolute atomic E-state index is 12.5. The van der Waals surface area contributed by atoms with Gasteiger partial charge >= 0.3 is 0 Å². The van der Waals surface area contributed by atoms with Gasteiger partial charge in [-0.3, -0.25) is 14.4 Å². The van der Waals surface area contributed by atoms with Crippen LogP contribution in [-0.2, 0) is 11.2 Å². The quantitative estimate of drug-likeness (QED) is 0.480. The second-order valence-electron chi connectivity index (χ2n) is 7.11. The first-order chi connectivity index (χ1) is 15.3. The lowest BCUT2D eigenvalue weighted by molar-refractivity contribution is -0.116. The molecule has 2 amide bonds. The number of carbonyl (C=O) groups excluding carboxylic acids is 2. The molecule has 0 spiro atoms. The lowest BCUT2D eigenvalue weighted by Gasteiger charge is -2.11. The molecule has 8 nitrogen and oxygen atoms in total. The number of hydrogen-bond donors (Lipinski definition) is 3. The molecule has 0 radical (unpaired) electrons. The summed E-state index contributed by atoms with van der Waals surface area (Å²) in [5.41, 5.74) is 2.49.